The van der Waals surface area contributed by atoms with Crippen molar-refractivity contribution in [2.24, 2.45) is 11.7 Å². The Hall–Kier alpha value is -0.0900. The summed E-state index contributed by atoms with van der Waals surface area (Å²) in [5.41, 5.74) is 7.93. The Morgan fingerprint density at radius 2 is 1.81 bits per heavy atom. The lowest BCUT2D eigenvalue weighted by molar-refractivity contribution is 0.243. The van der Waals surface area contributed by atoms with Gasteiger partial charge in [0.2, 0.25) is 0 Å². The van der Waals surface area contributed by atoms with Crippen molar-refractivity contribution in [2.45, 2.75) is 44.6 Å². The molecule has 0 saturated heterocycles. The van der Waals surface area contributed by atoms with Crippen LogP contribution in [0.3, 0.4) is 0 Å². The van der Waals surface area contributed by atoms with Gasteiger partial charge in [0.1, 0.15) is 0 Å². The van der Waals surface area contributed by atoms with Gasteiger partial charge in [-0.3, -0.25) is 0 Å². The monoisotopic (exact) mass is 329 g/mol. The zero-order valence-corrected chi connectivity index (χ0v) is 12.0. The Morgan fingerprint density at radius 1 is 1.25 bits per heavy atom. The lowest BCUT2D eigenvalue weighted by Crippen LogP contribution is -2.45. The maximum Gasteiger partial charge on any atom is 0.0195 e. The maximum atomic E-state index is 6.49. The van der Waals surface area contributed by atoms with Gasteiger partial charge in [0, 0.05) is 9.11 Å². The Labute approximate surface area is 112 Å². The first-order valence-electron chi connectivity index (χ1n) is 6.11. The van der Waals surface area contributed by atoms with E-state index in [0.29, 0.717) is 0 Å². The second-order valence-corrected chi connectivity index (χ2v) is 6.59. The van der Waals surface area contributed by atoms with Gasteiger partial charge >= 0.3 is 0 Å². The summed E-state index contributed by atoms with van der Waals surface area (Å²) < 4.78 is 1.30. The fourth-order valence-corrected chi connectivity index (χ4v) is 2.88. The number of benzene rings is 1. The number of hydrogen-bond donors (Lipinski definition) is 1. The second-order valence-electron chi connectivity index (χ2n) is 5.35. The molecule has 0 unspecified atom stereocenters. The molecule has 0 spiro atoms. The van der Waals surface area contributed by atoms with Crippen LogP contribution >= 0.6 is 22.6 Å². The van der Waals surface area contributed by atoms with E-state index < -0.39 is 0 Å². The van der Waals surface area contributed by atoms with Gasteiger partial charge in [-0.05, 0) is 78.3 Å². The zero-order valence-electron chi connectivity index (χ0n) is 9.88. The van der Waals surface area contributed by atoms with Crippen LogP contribution in [0.25, 0.3) is 0 Å². The number of hydrogen-bond acceptors (Lipinski definition) is 1. The van der Waals surface area contributed by atoms with Crippen molar-refractivity contribution in [3.8, 4) is 0 Å². The van der Waals surface area contributed by atoms with E-state index >= 15 is 0 Å². The van der Waals surface area contributed by atoms with Crippen molar-refractivity contribution < 1.29 is 0 Å². The third-order valence-corrected chi connectivity index (χ3v) is 4.46. The van der Waals surface area contributed by atoms with Gasteiger partial charge in [-0.25, -0.2) is 0 Å². The van der Waals surface area contributed by atoms with Crippen LogP contribution < -0.4 is 5.73 Å². The highest BCUT2D eigenvalue weighted by Gasteiger charge is 2.30. The minimum atomic E-state index is 0.0549. The molecule has 1 fully saturated rings. The molecule has 1 aliphatic rings. The summed E-state index contributed by atoms with van der Waals surface area (Å²) in [5, 5.41) is 0. The van der Waals surface area contributed by atoms with Crippen LogP contribution in [0, 0.1) is 9.49 Å². The van der Waals surface area contributed by atoms with E-state index in [0.717, 1.165) is 12.3 Å². The molecule has 2 N–H and O–H groups in total. The van der Waals surface area contributed by atoms with Crippen molar-refractivity contribution in [2.75, 3.05) is 0 Å². The van der Waals surface area contributed by atoms with Crippen LogP contribution in [0.2, 0.25) is 0 Å². The molecule has 1 saturated carbocycles. The molecule has 0 amide bonds. The summed E-state index contributed by atoms with van der Waals surface area (Å²) in [4.78, 5) is 0. The largest absolute Gasteiger partial charge is 0.325 e. The molecule has 1 nitrogen and oxygen atoms in total. The molecule has 0 radical (unpaired) electrons. The Kier molecular flexibility index (Phi) is 3.90. The van der Waals surface area contributed by atoms with Gasteiger partial charge in [0.25, 0.3) is 0 Å². The molecule has 88 valence electrons. The predicted octanol–water partition coefficient (Wildman–Crippen LogP) is 3.74. The third kappa shape index (κ3) is 3.20. The van der Waals surface area contributed by atoms with E-state index in [1.165, 1.54) is 34.8 Å². The molecular weight excluding hydrogens is 309 g/mol. The van der Waals surface area contributed by atoms with E-state index in [2.05, 4.69) is 53.8 Å². The zero-order chi connectivity index (χ0) is 11.6. The highest BCUT2D eigenvalue weighted by Crippen LogP contribution is 2.32. The molecular formula is C14H20IN. The highest BCUT2D eigenvalue weighted by molar-refractivity contribution is 14.1. The van der Waals surface area contributed by atoms with Crippen molar-refractivity contribution in [1.82, 2.24) is 0 Å². The molecule has 1 aromatic rings. The number of rotatable bonds is 2. The fraction of sp³-hybridized carbons (Fsp3) is 0.571. The summed E-state index contributed by atoms with van der Waals surface area (Å²) >= 11 is 2.34. The van der Waals surface area contributed by atoms with E-state index in [4.69, 9.17) is 5.73 Å². The Bertz CT molecular complexity index is 336. The lowest BCUT2D eigenvalue weighted by Gasteiger charge is -2.36. The maximum absolute atomic E-state index is 6.49. The van der Waals surface area contributed by atoms with Crippen molar-refractivity contribution in [3.05, 3.63) is 33.4 Å². The quantitative estimate of drug-likeness (QED) is 0.822. The smallest absolute Gasteiger partial charge is 0.0195 e. The minimum Gasteiger partial charge on any atom is -0.325 e. The first kappa shape index (κ1) is 12.4. The van der Waals surface area contributed by atoms with Gasteiger partial charge in [-0.15, -0.1) is 0 Å². The molecule has 16 heavy (non-hydrogen) atoms. The Balaban J connectivity index is 2.00. The normalized spacial score (nSPS) is 30.3. The highest BCUT2D eigenvalue weighted by atomic mass is 127. The first-order chi connectivity index (χ1) is 7.57. The second kappa shape index (κ2) is 5.05. The lowest BCUT2D eigenvalue weighted by atomic mass is 9.75. The summed E-state index contributed by atoms with van der Waals surface area (Å²) in [5.74, 6) is 0.869. The molecule has 2 rings (SSSR count). The molecule has 0 bridgehead atoms. The van der Waals surface area contributed by atoms with Gasteiger partial charge in [0.15, 0.2) is 0 Å². The van der Waals surface area contributed by atoms with E-state index in [1.807, 2.05) is 0 Å². The molecule has 2 heteroatoms. The molecule has 0 aromatic heterocycles. The SMILES string of the molecule is CC1CCC(N)(Cc2ccc(I)cc2)CC1. The summed E-state index contributed by atoms with van der Waals surface area (Å²) in [6.45, 7) is 2.34. The van der Waals surface area contributed by atoms with Crippen LogP contribution in [-0.4, -0.2) is 5.54 Å². The van der Waals surface area contributed by atoms with Crippen molar-refractivity contribution >= 4 is 22.6 Å². The van der Waals surface area contributed by atoms with Gasteiger partial charge < -0.3 is 5.73 Å². The summed E-state index contributed by atoms with van der Waals surface area (Å²) in [6, 6.07) is 8.78. The molecule has 1 aromatic carbocycles. The molecule has 0 heterocycles. The van der Waals surface area contributed by atoms with Crippen LogP contribution in [0.1, 0.15) is 38.2 Å². The van der Waals surface area contributed by atoms with Crippen LogP contribution in [0.15, 0.2) is 24.3 Å². The van der Waals surface area contributed by atoms with Crippen LogP contribution in [-0.2, 0) is 6.42 Å². The molecule has 0 atom stereocenters. The standard InChI is InChI=1S/C14H20IN/c1-11-6-8-14(16,9-7-11)10-12-2-4-13(15)5-3-12/h2-5,11H,6-10,16H2,1H3. The molecule has 1 aliphatic carbocycles. The average molecular weight is 329 g/mol. The van der Waals surface area contributed by atoms with Gasteiger partial charge in [-0.1, -0.05) is 19.1 Å². The van der Waals surface area contributed by atoms with E-state index in [-0.39, 0.29) is 5.54 Å². The third-order valence-electron chi connectivity index (χ3n) is 3.74. The predicted molar refractivity (Wildman–Crippen MR) is 77.4 cm³/mol. The van der Waals surface area contributed by atoms with Crippen LogP contribution in [0.4, 0.5) is 0 Å². The fourth-order valence-electron chi connectivity index (χ4n) is 2.52. The number of nitrogens with two attached hydrogens (primary N) is 1. The number of halogens is 1. The summed E-state index contributed by atoms with van der Waals surface area (Å²) in [7, 11) is 0. The van der Waals surface area contributed by atoms with Crippen LogP contribution in [0.5, 0.6) is 0 Å². The van der Waals surface area contributed by atoms with E-state index in [1.54, 1.807) is 0 Å². The first-order valence-corrected chi connectivity index (χ1v) is 7.19. The Morgan fingerprint density at radius 3 is 2.38 bits per heavy atom. The van der Waals surface area contributed by atoms with E-state index in [9.17, 15) is 0 Å². The van der Waals surface area contributed by atoms with Gasteiger partial charge in [0.05, 0.1) is 0 Å². The minimum absolute atomic E-state index is 0.0549. The summed E-state index contributed by atoms with van der Waals surface area (Å²) in [6.07, 6.45) is 5.98. The van der Waals surface area contributed by atoms with Gasteiger partial charge in [-0.2, -0.15) is 0 Å². The van der Waals surface area contributed by atoms with Crippen molar-refractivity contribution in [1.29, 1.82) is 0 Å². The van der Waals surface area contributed by atoms with Crippen molar-refractivity contribution in [3.63, 3.8) is 0 Å². The molecule has 0 aliphatic heterocycles. The topological polar surface area (TPSA) is 26.0 Å². The average Bonchev–Trinajstić information content (AvgIpc) is 2.27.